The molecule has 5 nitrogen and oxygen atoms in total. The van der Waals surface area contributed by atoms with Crippen LogP contribution in [-0.2, 0) is 17.6 Å². The summed E-state index contributed by atoms with van der Waals surface area (Å²) in [7, 11) is 1.67. The summed E-state index contributed by atoms with van der Waals surface area (Å²) >= 11 is 3.37. The first-order valence-electron chi connectivity index (χ1n) is 10.6. The van der Waals surface area contributed by atoms with Crippen molar-refractivity contribution in [2.45, 2.75) is 49.6 Å². The number of rotatable bonds is 5. The SMILES string of the molecule is COc1ccc(C2CCCN2C(=O)CSc2ncnc3sc4c(c23)CCCC4)cc1. The van der Waals surface area contributed by atoms with E-state index in [1.54, 1.807) is 36.5 Å². The Morgan fingerprint density at radius 1 is 1.20 bits per heavy atom. The third kappa shape index (κ3) is 3.69. The van der Waals surface area contributed by atoms with Gasteiger partial charge in [-0.15, -0.1) is 11.3 Å². The lowest BCUT2D eigenvalue weighted by Gasteiger charge is -2.25. The minimum Gasteiger partial charge on any atom is -0.497 e. The van der Waals surface area contributed by atoms with Crippen LogP contribution >= 0.6 is 23.1 Å². The molecule has 1 unspecified atom stereocenters. The van der Waals surface area contributed by atoms with Crippen molar-refractivity contribution in [2.75, 3.05) is 19.4 Å². The molecular weight excluding hydrogens is 414 g/mol. The summed E-state index contributed by atoms with van der Waals surface area (Å²) in [6.45, 7) is 0.823. The largest absolute Gasteiger partial charge is 0.497 e. The van der Waals surface area contributed by atoms with Gasteiger partial charge in [-0.3, -0.25) is 4.79 Å². The van der Waals surface area contributed by atoms with Crippen LogP contribution in [0.4, 0.5) is 0 Å². The van der Waals surface area contributed by atoms with Gasteiger partial charge >= 0.3 is 0 Å². The first-order chi connectivity index (χ1) is 14.7. The number of aromatic nitrogens is 2. The second-order valence-corrected chi connectivity index (χ2v) is 9.92. The average molecular weight is 440 g/mol. The topological polar surface area (TPSA) is 55.3 Å². The number of nitrogens with zero attached hydrogens (tertiary/aromatic N) is 3. The molecule has 7 heteroatoms. The number of benzene rings is 1. The number of carbonyl (C=O) groups excluding carboxylic acids is 1. The fourth-order valence-corrected chi connectivity index (χ4v) is 6.83. The lowest BCUT2D eigenvalue weighted by molar-refractivity contribution is -0.129. The fraction of sp³-hybridized carbons (Fsp3) is 0.435. The molecule has 3 aromatic rings. The van der Waals surface area contributed by atoms with Gasteiger partial charge in [0.05, 0.1) is 18.9 Å². The highest BCUT2D eigenvalue weighted by molar-refractivity contribution is 8.00. The summed E-state index contributed by atoms with van der Waals surface area (Å²) in [5.41, 5.74) is 2.61. The molecule has 0 N–H and O–H groups in total. The highest BCUT2D eigenvalue weighted by atomic mass is 32.2. The van der Waals surface area contributed by atoms with Crippen molar-refractivity contribution in [3.63, 3.8) is 0 Å². The van der Waals surface area contributed by atoms with Gasteiger partial charge in [0.25, 0.3) is 0 Å². The summed E-state index contributed by atoms with van der Waals surface area (Å²) < 4.78 is 5.27. The first kappa shape index (κ1) is 19.8. The zero-order valence-electron chi connectivity index (χ0n) is 17.1. The van der Waals surface area contributed by atoms with Gasteiger partial charge in [-0.2, -0.15) is 0 Å². The van der Waals surface area contributed by atoms with E-state index >= 15 is 0 Å². The van der Waals surface area contributed by atoms with Crippen LogP contribution in [0.5, 0.6) is 5.75 Å². The van der Waals surface area contributed by atoms with Crippen molar-refractivity contribution >= 4 is 39.2 Å². The highest BCUT2D eigenvalue weighted by Gasteiger charge is 2.30. The second-order valence-electron chi connectivity index (χ2n) is 7.88. The van der Waals surface area contributed by atoms with Crippen LogP contribution in [0.2, 0.25) is 0 Å². The fourth-order valence-electron chi connectivity index (χ4n) is 4.62. The Kier molecular flexibility index (Phi) is 5.65. The van der Waals surface area contributed by atoms with E-state index in [0.717, 1.165) is 47.8 Å². The van der Waals surface area contributed by atoms with Crippen LogP contribution in [0.25, 0.3) is 10.2 Å². The number of carbonyl (C=O) groups is 1. The lowest BCUT2D eigenvalue weighted by Crippen LogP contribution is -2.32. The molecule has 1 atom stereocenters. The molecule has 3 heterocycles. The molecule has 0 saturated carbocycles. The van der Waals surface area contributed by atoms with Crippen molar-refractivity contribution in [1.82, 2.24) is 14.9 Å². The van der Waals surface area contributed by atoms with E-state index in [-0.39, 0.29) is 11.9 Å². The van der Waals surface area contributed by atoms with Crippen LogP contribution in [0.15, 0.2) is 35.6 Å². The number of hydrogen-bond acceptors (Lipinski definition) is 6. The Balaban J connectivity index is 1.32. The van der Waals surface area contributed by atoms with Crippen LogP contribution in [0.1, 0.15) is 47.7 Å². The summed E-state index contributed by atoms with van der Waals surface area (Å²) in [6, 6.07) is 8.26. The van der Waals surface area contributed by atoms with Gasteiger partial charge in [-0.25, -0.2) is 9.97 Å². The zero-order valence-corrected chi connectivity index (χ0v) is 18.7. The van der Waals surface area contributed by atoms with E-state index in [2.05, 4.69) is 22.1 Å². The first-order valence-corrected chi connectivity index (χ1v) is 12.4. The Labute approximate surface area is 184 Å². The summed E-state index contributed by atoms with van der Waals surface area (Å²) in [6.07, 6.45) is 8.45. The maximum absolute atomic E-state index is 13.1. The molecule has 2 aromatic heterocycles. The molecule has 0 bridgehead atoms. The van der Waals surface area contributed by atoms with E-state index in [1.165, 1.54) is 34.2 Å². The van der Waals surface area contributed by atoms with Gasteiger partial charge in [0.2, 0.25) is 5.91 Å². The normalized spacial score (nSPS) is 18.6. The van der Waals surface area contributed by atoms with Gasteiger partial charge in [0, 0.05) is 16.8 Å². The van der Waals surface area contributed by atoms with Crippen LogP contribution in [-0.4, -0.2) is 40.2 Å². The van der Waals surface area contributed by atoms with Gasteiger partial charge in [-0.05, 0) is 61.8 Å². The third-order valence-corrected chi connectivity index (χ3v) is 8.30. The molecule has 1 aromatic carbocycles. The lowest BCUT2D eigenvalue weighted by atomic mass is 9.97. The predicted molar refractivity (Wildman–Crippen MR) is 121 cm³/mol. The maximum Gasteiger partial charge on any atom is 0.233 e. The van der Waals surface area contributed by atoms with E-state index in [1.807, 2.05) is 17.0 Å². The number of ether oxygens (including phenoxy) is 1. The molecule has 1 saturated heterocycles. The highest BCUT2D eigenvalue weighted by Crippen LogP contribution is 2.40. The Hall–Kier alpha value is -2.12. The minimum atomic E-state index is 0.156. The van der Waals surface area contributed by atoms with Crippen molar-refractivity contribution < 1.29 is 9.53 Å². The van der Waals surface area contributed by atoms with Crippen molar-refractivity contribution in [2.24, 2.45) is 0 Å². The molecule has 30 heavy (non-hydrogen) atoms. The Morgan fingerprint density at radius 3 is 2.87 bits per heavy atom. The number of fused-ring (bicyclic) bond motifs is 3. The molecule has 0 radical (unpaired) electrons. The van der Waals surface area contributed by atoms with Gasteiger partial charge in [0.1, 0.15) is 21.9 Å². The molecule has 5 rings (SSSR count). The number of thioether (sulfide) groups is 1. The minimum absolute atomic E-state index is 0.156. The molecule has 1 aliphatic carbocycles. The summed E-state index contributed by atoms with van der Waals surface area (Å²) in [5.74, 6) is 1.45. The van der Waals surface area contributed by atoms with E-state index in [9.17, 15) is 4.79 Å². The van der Waals surface area contributed by atoms with Crippen LogP contribution in [0.3, 0.4) is 0 Å². The number of hydrogen-bond donors (Lipinski definition) is 0. The number of thiophene rings is 1. The van der Waals surface area contributed by atoms with Crippen molar-refractivity contribution in [3.8, 4) is 5.75 Å². The van der Waals surface area contributed by atoms with Gasteiger partial charge < -0.3 is 9.64 Å². The monoisotopic (exact) mass is 439 g/mol. The quantitative estimate of drug-likeness (QED) is 0.412. The van der Waals surface area contributed by atoms with E-state index in [4.69, 9.17) is 4.74 Å². The molecule has 156 valence electrons. The number of likely N-dealkylation sites (tertiary alicyclic amines) is 1. The van der Waals surface area contributed by atoms with Gasteiger partial charge in [-0.1, -0.05) is 23.9 Å². The van der Waals surface area contributed by atoms with Crippen molar-refractivity contribution in [3.05, 3.63) is 46.6 Å². The predicted octanol–water partition coefficient (Wildman–Crippen LogP) is 5.03. The Morgan fingerprint density at radius 2 is 2.03 bits per heavy atom. The molecule has 1 fully saturated rings. The summed E-state index contributed by atoms with van der Waals surface area (Å²) in [4.78, 5) is 26.8. The zero-order chi connectivity index (χ0) is 20.5. The molecule has 2 aliphatic rings. The third-order valence-electron chi connectivity index (χ3n) is 6.12. The number of methoxy groups -OCH3 is 1. The Bertz CT molecular complexity index is 1060. The van der Waals surface area contributed by atoms with Crippen LogP contribution < -0.4 is 4.74 Å². The summed E-state index contributed by atoms with van der Waals surface area (Å²) in [5, 5.41) is 2.16. The van der Waals surface area contributed by atoms with Gasteiger partial charge in [0.15, 0.2) is 0 Å². The second kappa shape index (κ2) is 8.55. The molecular formula is C23H25N3O2S2. The number of aryl methyl sites for hydroxylation is 2. The van der Waals surface area contributed by atoms with Crippen LogP contribution in [0, 0.1) is 0 Å². The van der Waals surface area contributed by atoms with E-state index in [0.29, 0.717) is 5.75 Å². The molecule has 1 aliphatic heterocycles. The van der Waals surface area contributed by atoms with Crippen molar-refractivity contribution in [1.29, 1.82) is 0 Å². The molecule has 0 spiro atoms. The average Bonchev–Trinajstić information content (AvgIpc) is 3.42. The standard InChI is InChI=1S/C23H25N3O2S2/c1-28-16-10-8-15(9-11-16)18-6-4-12-26(18)20(27)13-29-22-21-17-5-2-3-7-19(17)30-23(21)25-14-24-22/h8-11,14,18H,2-7,12-13H2,1H3. The van der Waals surface area contributed by atoms with E-state index < -0.39 is 0 Å². The number of amides is 1. The maximum atomic E-state index is 13.1. The smallest absolute Gasteiger partial charge is 0.233 e. The molecule has 1 amide bonds.